The lowest BCUT2D eigenvalue weighted by atomic mass is 9.95. The van der Waals surface area contributed by atoms with Crippen LogP contribution in [0.3, 0.4) is 0 Å². The Kier molecular flexibility index (Phi) is 7.66. The van der Waals surface area contributed by atoms with Crippen molar-refractivity contribution in [3.63, 3.8) is 0 Å². The van der Waals surface area contributed by atoms with E-state index in [0.717, 1.165) is 18.8 Å². The molecule has 0 aromatic heterocycles. The second-order valence-electron chi connectivity index (χ2n) is 8.42. The Labute approximate surface area is 225 Å². The maximum absolute atomic E-state index is 13.4. The number of nitrogens with zero attached hydrogens (tertiary/aromatic N) is 2. The van der Waals surface area contributed by atoms with Crippen LogP contribution in [0.15, 0.2) is 66.2 Å². The largest absolute Gasteiger partial charge is 0.508 e. The Bertz CT molecular complexity index is 1340. The number of amides is 1. The maximum Gasteiger partial charge on any atom is 0.300 e. The highest BCUT2D eigenvalue weighted by molar-refractivity contribution is 6.51. The first kappa shape index (κ1) is 26.4. The molecule has 1 aliphatic rings. The zero-order valence-corrected chi connectivity index (χ0v) is 22.0. The number of aromatic hydroxyl groups is 1. The van der Waals surface area contributed by atoms with Crippen molar-refractivity contribution in [1.29, 1.82) is 0 Å². The summed E-state index contributed by atoms with van der Waals surface area (Å²) in [5, 5.41) is 21.4. The highest BCUT2D eigenvalue weighted by atomic mass is 35.5. The molecular formula is C28H26Cl2N2O5. The summed E-state index contributed by atoms with van der Waals surface area (Å²) in [5.74, 6) is -1.82. The molecule has 1 atom stereocenters. The number of ketones is 1. The number of ether oxygens (including phenoxy) is 1. The number of carbonyl (C=O) groups excluding carboxylic acids is 2. The first-order valence-corrected chi connectivity index (χ1v) is 12.5. The van der Waals surface area contributed by atoms with Crippen molar-refractivity contribution >= 4 is 52.0 Å². The minimum Gasteiger partial charge on any atom is -0.508 e. The molecule has 2 N–H and O–H groups in total. The van der Waals surface area contributed by atoms with Gasteiger partial charge in [-0.1, -0.05) is 35.3 Å². The molecule has 1 unspecified atom stereocenters. The van der Waals surface area contributed by atoms with Gasteiger partial charge in [0.2, 0.25) is 0 Å². The van der Waals surface area contributed by atoms with E-state index in [9.17, 15) is 19.8 Å². The number of benzene rings is 3. The van der Waals surface area contributed by atoms with Crippen molar-refractivity contribution in [3.05, 3.63) is 87.4 Å². The standard InChI is InChI=1S/C28H26Cl2N2O5/c1-4-31(5-2)18-8-10-19(11-9-18)32-24(16-6-12-20(33)13-7-16)23(26(35)28(32)36)25(34)17-14-21(29)27(37-3)22(30)15-17/h6-15,24,33-34H,4-5H2,1-3H3/b25-23+. The molecule has 1 fully saturated rings. The number of anilines is 2. The number of rotatable bonds is 7. The van der Waals surface area contributed by atoms with Gasteiger partial charge in [0.15, 0.2) is 5.75 Å². The second-order valence-corrected chi connectivity index (χ2v) is 9.24. The molecule has 1 amide bonds. The lowest BCUT2D eigenvalue weighted by molar-refractivity contribution is -0.132. The third-order valence-corrected chi connectivity index (χ3v) is 6.95. The van der Waals surface area contributed by atoms with Gasteiger partial charge in [0.25, 0.3) is 11.7 Å². The van der Waals surface area contributed by atoms with Crippen LogP contribution in [0.5, 0.6) is 11.5 Å². The smallest absolute Gasteiger partial charge is 0.300 e. The second kappa shape index (κ2) is 10.7. The van der Waals surface area contributed by atoms with E-state index in [1.807, 2.05) is 12.1 Å². The number of aliphatic hydroxyl groups is 1. The summed E-state index contributed by atoms with van der Waals surface area (Å²) in [6, 6.07) is 15.3. The van der Waals surface area contributed by atoms with Crippen molar-refractivity contribution in [2.45, 2.75) is 19.9 Å². The first-order valence-electron chi connectivity index (χ1n) is 11.7. The van der Waals surface area contributed by atoms with Crippen LogP contribution in [-0.2, 0) is 9.59 Å². The van der Waals surface area contributed by atoms with Crippen LogP contribution < -0.4 is 14.5 Å². The van der Waals surface area contributed by atoms with Gasteiger partial charge in [-0.3, -0.25) is 14.5 Å². The molecule has 3 aromatic rings. The Balaban J connectivity index is 1.89. The van der Waals surface area contributed by atoms with E-state index in [4.69, 9.17) is 27.9 Å². The molecule has 37 heavy (non-hydrogen) atoms. The van der Waals surface area contributed by atoms with E-state index in [1.165, 1.54) is 36.3 Å². The van der Waals surface area contributed by atoms with E-state index in [2.05, 4.69) is 18.7 Å². The topological polar surface area (TPSA) is 90.3 Å². The predicted octanol–water partition coefficient (Wildman–Crippen LogP) is 6.18. The number of phenols is 1. The number of aliphatic hydroxyl groups excluding tert-OH is 1. The van der Waals surface area contributed by atoms with Crippen LogP contribution in [0.2, 0.25) is 10.0 Å². The normalized spacial score (nSPS) is 16.8. The van der Waals surface area contributed by atoms with Gasteiger partial charge in [-0.2, -0.15) is 0 Å². The average molecular weight is 541 g/mol. The highest BCUT2D eigenvalue weighted by Gasteiger charge is 2.47. The Morgan fingerprint density at radius 2 is 1.54 bits per heavy atom. The van der Waals surface area contributed by atoms with Crippen molar-refractivity contribution in [3.8, 4) is 11.5 Å². The van der Waals surface area contributed by atoms with Crippen LogP contribution in [0.4, 0.5) is 11.4 Å². The number of methoxy groups -OCH3 is 1. The molecule has 0 spiro atoms. The van der Waals surface area contributed by atoms with Gasteiger partial charge >= 0.3 is 0 Å². The molecule has 192 valence electrons. The number of Topliss-reactive ketones (excluding diaryl/α,β-unsaturated/α-hetero) is 1. The molecule has 9 heteroatoms. The van der Waals surface area contributed by atoms with E-state index in [-0.39, 0.29) is 32.7 Å². The molecule has 3 aromatic carbocycles. The number of halogens is 2. The van der Waals surface area contributed by atoms with E-state index in [0.29, 0.717) is 11.3 Å². The molecule has 1 heterocycles. The zero-order chi connectivity index (χ0) is 26.9. The van der Waals surface area contributed by atoms with Gasteiger partial charge in [-0.25, -0.2) is 0 Å². The van der Waals surface area contributed by atoms with Gasteiger partial charge in [-0.05, 0) is 67.9 Å². The third-order valence-electron chi connectivity index (χ3n) is 6.39. The highest BCUT2D eigenvalue weighted by Crippen LogP contribution is 2.44. The van der Waals surface area contributed by atoms with Crippen LogP contribution in [0, 0.1) is 0 Å². The fourth-order valence-corrected chi connectivity index (χ4v) is 5.17. The molecule has 0 radical (unpaired) electrons. The Morgan fingerprint density at radius 1 is 0.973 bits per heavy atom. The quantitative estimate of drug-likeness (QED) is 0.211. The summed E-state index contributed by atoms with van der Waals surface area (Å²) in [6.45, 7) is 5.75. The Hall–Kier alpha value is -3.68. The summed E-state index contributed by atoms with van der Waals surface area (Å²) in [7, 11) is 1.41. The van der Waals surface area contributed by atoms with Gasteiger partial charge in [0.05, 0.1) is 28.8 Å². The first-order chi connectivity index (χ1) is 17.7. The maximum atomic E-state index is 13.4. The van der Waals surface area contributed by atoms with Crippen LogP contribution in [-0.4, -0.2) is 42.1 Å². The predicted molar refractivity (Wildman–Crippen MR) is 146 cm³/mol. The number of hydrogen-bond acceptors (Lipinski definition) is 6. The minimum atomic E-state index is -0.959. The van der Waals surface area contributed by atoms with Crippen LogP contribution in [0.25, 0.3) is 5.76 Å². The van der Waals surface area contributed by atoms with Crippen molar-refractivity contribution < 1.29 is 24.5 Å². The van der Waals surface area contributed by atoms with Crippen molar-refractivity contribution in [2.75, 3.05) is 30.0 Å². The average Bonchev–Trinajstić information content (AvgIpc) is 3.15. The van der Waals surface area contributed by atoms with Gasteiger partial charge < -0.3 is 19.8 Å². The summed E-state index contributed by atoms with van der Waals surface area (Å²) < 4.78 is 5.18. The molecule has 1 aliphatic heterocycles. The van der Waals surface area contributed by atoms with E-state index in [1.54, 1.807) is 24.3 Å². The fraction of sp³-hybridized carbons (Fsp3) is 0.214. The third kappa shape index (κ3) is 4.84. The van der Waals surface area contributed by atoms with Crippen LogP contribution >= 0.6 is 23.2 Å². The number of phenolic OH excluding ortho intramolecular Hbond substituents is 1. The SMILES string of the molecule is CCN(CC)c1ccc(N2C(=O)C(=O)/C(=C(/O)c3cc(Cl)c(OC)c(Cl)c3)C2c2ccc(O)cc2)cc1. The molecule has 0 bridgehead atoms. The summed E-state index contributed by atoms with van der Waals surface area (Å²) in [5.41, 5.74) is 2.03. The van der Waals surface area contributed by atoms with Crippen molar-refractivity contribution in [1.82, 2.24) is 0 Å². The Morgan fingerprint density at radius 3 is 2.05 bits per heavy atom. The van der Waals surface area contributed by atoms with Gasteiger partial charge in [0, 0.05) is 30.0 Å². The molecule has 1 saturated heterocycles. The molecule has 7 nitrogen and oxygen atoms in total. The number of hydrogen-bond donors (Lipinski definition) is 2. The lowest BCUT2D eigenvalue weighted by Crippen LogP contribution is -2.29. The molecule has 4 rings (SSSR count). The molecular weight excluding hydrogens is 515 g/mol. The fourth-order valence-electron chi connectivity index (χ4n) is 4.53. The molecule has 0 saturated carbocycles. The number of carbonyl (C=O) groups is 2. The lowest BCUT2D eigenvalue weighted by Gasteiger charge is -2.27. The minimum absolute atomic E-state index is 0.0259. The van der Waals surface area contributed by atoms with Crippen LogP contribution in [0.1, 0.15) is 31.0 Å². The zero-order valence-electron chi connectivity index (χ0n) is 20.5. The van der Waals surface area contributed by atoms with Crippen molar-refractivity contribution in [2.24, 2.45) is 0 Å². The van der Waals surface area contributed by atoms with Gasteiger partial charge in [-0.15, -0.1) is 0 Å². The van der Waals surface area contributed by atoms with E-state index < -0.39 is 23.5 Å². The summed E-state index contributed by atoms with van der Waals surface area (Å²) in [4.78, 5) is 30.2. The van der Waals surface area contributed by atoms with E-state index >= 15 is 0 Å². The summed E-state index contributed by atoms with van der Waals surface area (Å²) >= 11 is 12.5. The monoisotopic (exact) mass is 540 g/mol. The van der Waals surface area contributed by atoms with Gasteiger partial charge in [0.1, 0.15) is 11.5 Å². The molecule has 0 aliphatic carbocycles. The summed E-state index contributed by atoms with van der Waals surface area (Å²) in [6.07, 6.45) is 0.